The molecule has 0 nitrogen and oxygen atoms in total. The first-order valence-electron chi connectivity index (χ1n) is 13.5. The molecule has 0 aliphatic heterocycles. The van der Waals surface area contributed by atoms with Crippen molar-refractivity contribution in [2.24, 2.45) is 63.1 Å². The third kappa shape index (κ3) is 2.62. The molecule has 0 saturated heterocycles. The van der Waals surface area contributed by atoms with E-state index in [0.29, 0.717) is 21.7 Å². The van der Waals surface area contributed by atoms with E-state index in [9.17, 15) is 0 Å². The second kappa shape index (κ2) is 6.51. The molecule has 29 heavy (non-hydrogen) atoms. The quantitative estimate of drug-likeness (QED) is 0.414. The van der Waals surface area contributed by atoms with E-state index in [4.69, 9.17) is 0 Å². The van der Waals surface area contributed by atoms with Gasteiger partial charge in [0.25, 0.3) is 0 Å². The van der Waals surface area contributed by atoms with Gasteiger partial charge in [-0.1, -0.05) is 54.9 Å². The molecule has 0 unspecified atom stereocenters. The van der Waals surface area contributed by atoms with Crippen LogP contribution in [0.15, 0.2) is 0 Å². The van der Waals surface area contributed by atoms with Crippen LogP contribution < -0.4 is 0 Å². The highest BCUT2D eigenvalue weighted by Crippen LogP contribution is 2.75. The SMILES string of the molecule is CC(C)[C@H]1CC[C@H]2[C@@H]1CC[C@]1(C)[C@@H]2CC[C@@H]2[C@@]3(C)CCCC(C)(C)[C@@H]3CC[C@]21C. The number of fused-ring (bicyclic) bond motifs is 7. The Morgan fingerprint density at radius 3 is 2.07 bits per heavy atom. The highest BCUT2D eigenvalue weighted by atomic mass is 14.7. The molecule has 5 saturated carbocycles. The first kappa shape index (κ1) is 20.9. The molecule has 0 spiro atoms. The summed E-state index contributed by atoms with van der Waals surface area (Å²) in [5, 5.41) is 0. The van der Waals surface area contributed by atoms with Crippen molar-refractivity contribution < 1.29 is 0 Å². The number of hydrogen-bond acceptors (Lipinski definition) is 0. The summed E-state index contributed by atoms with van der Waals surface area (Å²) < 4.78 is 0. The maximum Gasteiger partial charge on any atom is -0.0235 e. The summed E-state index contributed by atoms with van der Waals surface area (Å²) in [7, 11) is 0. The molecule has 5 fully saturated rings. The van der Waals surface area contributed by atoms with Crippen LogP contribution in [0, 0.1) is 63.1 Å². The van der Waals surface area contributed by atoms with Crippen molar-refractivity contribution in [2.45, 2.75) is 119 Å². The van der Waals surface area contributed by atoms with Gasteiger partial charge in [-0.25, -0.2) is 0 Å². The molecule has 166 valence electrons. The lowest BCUT2D eigenvalue weighted by Crippen LogP contribution is -2.64. The summed E-state index contributed by atoms with van der Waals surface area (Å²) in [6.45, 7) is 18.6. The van der Waals surface area contributed by atoms with Gasteiger partial charge in [0.05, 0.1) is 0 Å². The van der Waals surface area contributed by atoms with Gasteiger partial charge in [-0.05, 0) is 127 Å². The third-order valence-corrected chi connectivity index (χ3v) is 13.0. The molecule has 0 heteroatoms. The molecule has 5 aliphatic carbocycles. The van der Waals surface area contributed by atoms with Gasteiger partial charge in [0.15, 0.2) is 0 Å². The van der Waals surface area contributed by atoms with Crippen molar-refractivity contribution >= 4 is 0 Å². The van der Waals surface area contributed by atoms with E-state index in [1.807, 2.05) is 0 Å². The molecule has 5 rings (SSSR count). The van der Waals surface area contributed by atoms with Crippen molar-refractivity contribution in [2.75, 3.05) is 0 Å². The maximum atomic E-state index is 2.81. The van der Waals surface area contributed by atoms with Crippen LogP contribution >= 0.6 is 0 Å². The van der Waals surface area contributed by atoms with Crippen molar-refractivity contribution in [3.05, 3.63) is 0 Å². The fraction of sp³-hybridized carbons (Fsp3) is 1.00. The van der Waals surface area contributed by atoms with Crippen molar-refractivity contribution in [3.63, 3.8) is 0 Å². The first-order chi connectivity index (χ1) is 13.5. The van der Waals surface area contributed by atoms with Gasteiger partial charge in [0.2, 0.25) is 0 Å². The lowest BCUT2D eigenvalue weighted by Gasteiger charge is -2.71. The third-order valence-electron chi connectivity index (χ3n) is 13.0. The Kier molecular flexibility index (Phi) is 4.69. The highest BCUT2D eigenvalue weighted by molar-refractivity contribution is 5.16. The first-order valence-corrected chi connectivity index (χ1v) is 13.5. The Morgan fingerprint density at radius 1 is 0.621 bits per heavy atom. The molecule has 0 radical (unpaired) electrons. The summed E-state index contributed by atoms with van der Waals surface area (Å²) in [6.07, 6.45) is 16.8. The van der Waals surface area contributed by atoms with Crippen LogP contribution in [-0.2, 0) is 0 Å². The molecule has 0 aromatic heterocycles. The second-order valence-corrected chi connectivity index (χ2v) is 14.4. The summed E-state index contributed by atoms with van der Waals surface area (Å²) in [5.74, 6) is 7.04. The Labute approximate surface area is 182 Å². The molecule has 0 N–H and O–H groups in total. The summed E-state index contributed by atoms with van der Waals surface area (Å²) in [5.41, 5.74) is 2.38. The minimum absolute atomic E-state index is 0.569. The van der Waals surface area contributed by atoms with E-state index >= 15 is 0 Å². The predicted octanol–water partition coefficient (Wildman–Crippen LogP) is 8.74. The molecule has 0 bridgehead atoms. The number of rotatable bonds is 1. The largest absolute Gasteiger partial charge is 0.0625 e. The number of hydrogen-bond donors (Lipinski definition) is 0. The Hall–Kier alpha value is 0. The van der Waals surface area contributed by atoms with E-state index < -0.39 is 0 Å². The van der Waals surface area contributed by atoms with Crippen LogP contribution in [-0.4, -0.2) is 0 Å². The molecule has 9 atom stereocenters. The van der Waals surface area contributed by atoms with Crippen LogP contribution in [0.5, 0.6) is 0 Å². The van der Waals surface area contributed by atoms with Crippen LogP contribution in [0.2, 0.25) is 0 Å². The molecule has 0 aromatic carbocycles. The van der Waals surface area contributed by atoms with E-state index in [1.54, 1.807) is 32.1 Å². The Morgan fingerprint density at radius 2 is 1.34 bits per heavy atom. The smallest absolute Gasteiger partial charge is 0.0235 e. The molecular weight excluding hydrogens is 348 g/mol. The normalized spacial score (nSPS) is 56.3. The van der Waals surface area contributed by atoms with E-state index in [1.165, 1.54) is 38.5 Å². The predicted molar refractivity (Wildman–Crippen MR) is 125 cm³/mol. The van der Waals surface area contributed by atoms with Crippen LogP contribution in [0.3, 0.4) is 0 Å². The van der Waals surface area contributed by atoms with Gasteiger partial charge in [-0.15, -0.1) is 0 Å². The van der Waals surface area contributed by atoms with Crippen LogP contribution in [0.1, 0.15) is 119 Å². The van der Waals surface area contributed by atoms with E-state index in [0.717, 1.165) is 41.4 Å². The molecule has 0 aromatic rings. The van der Waals surface area contributed by atoms with Gasteiger partial charge in [-0.3, -0.25) is 0 Å². The lowest BCUT2D eigenvalue weighted by atomic mass is 9.33. The monoisotopic (exact) mass is 398 g/mol. The Bertz CT molecular complexity index is 644. The average Bonchev–Trinajstić information content (AvgIpc) is 3.05. The minimum Gasteiger partial charge on any atom is -0.0625 e. The average molecular weight is 399 g/mol. The molecule has 5 aliphatic rings. The summed E-state index contributed by atoms with van der Waals surface area (Å²) in [4.78, 5) is 0. The van der Waals surface area contributed by atoms with Crippen molar-refractivity contribution in [1.82, 2.24) is 0 Å². The highest BCUT2D eigenvalue weighted by Gasteiger charge is 2.67. The van der Waals surface area contributed by atoms with Gasteiger partial charge < -0.3 is 0 Å². The molecule has 0 amide bonds. The fourth-order valence-electron chi connectivity index (χ4n) is 11.6. The summed E-state index contributed by atoms with van der Waals surface area (Å²) >= 11 is 0. The van der Waals surface area contributed by atoms with Gasteiger partial charge >= 0.3 is 0 Å². The maximum absolute atomic E-state index is 2.81. The molecular formula is C29H50. The zero-order valence-electron chi connectivity index (χ0n) is 20.8. The zero-order valence-corrected chi connectivity index (χ0v) is 20.8. The van der Waals surface area contributed by atoms with E-state index in [2.05, 4.69) is 48.5 Å². The Balaban J connectivity index is 1.48. The standard InChI is InChI=1S/C29H50/c1-19(2)20-9-10-22-21(20)13-17-28(6)23(22)11-12-25-27(5)16-8-15-26(3,4)24(27)14-18-29(25,28)7/h19-25H,8-18H2,1-7H3/t20-,21-,22+,23-,24+,25-,27+,28-,29-/m1/s1. The van der Waals surface area contributed by atoms with Gasteiger partial charge in [-0.2, -0.15) is 0 Å². The van der Waals surface area contributed by atoms with Crippen LogP contribution in [0.4, 0.5) is 0 Å². The second-order valence-electron chi connectivity index (χ2n) is 14.4. The van der Waals surface area contributed by atoms with Crippen molar-refractivity contribution in [3.8, 4) is 0 Å². The van der Waals surface area contributed by atoms with Crippen molar-refractivity contribution in [1.29, 1.82) is 0 Å². The topological polar surface area (TPSA) is 0 Å². The van der Waals surface area contributed by atoms with E-state index in [-0.39, 0.29) is 0 Å². The minimum atomic E-state index is 0.569. The zero-order chi connectivity index (χ0) is 20.8. The lowest BCUT2D eigenvalue weighted by molar-refractivity contribution is -0.227. The summed E-state index contributed by atoms with van der Waals surface area (Å²) in [6, 6.07) is 0. The fourth-order valence-corrected chi connectivity index (χ4v) is 11.6. The van der Waals surface area contributed by atoms with Gasteiger partial charge in [0, 0.05) is 0 Å². The molecule has 0 heterocycles. The van der Waals surface area contributed by atoms with Gasteiger partial charge in [0.1, 0.15) is 0 Å². The van der Waals surface area contributed by atoms with Crippen LogP contribution in [0.25, 0.3) is 0 Å².